The van der Waals surface area contributed by atoms with E-state index in [1.807, 2.05) is 24.3 Å². The maximum absolute atomic E-state index is 10.9. The average Bonchev–Trinajstić information content (AvgIpc) is 2.71. The number of carboxylic acids is 1. The molecule has 0 saturated carbocycles. The van der Waals surface area contributed by atoms with Crippen LogP contribution in [0.15, 0.2) is 39.2 Å². The molecule has 2 aromatic rings. The summed E-state index contributed by atoms with van der Waals surface area (Å²) in [6, 6.07) is 9.56. The van der Waals surface area contributed by atoms with E-state index in [0.717, 1.165) is 10.0 Å². The van der Waals surface area contributed by atoms with Crippen LogP contribution < -0.4 is 5.32 Å². The molecule has 0 saturated heterocycles. The molecule has 2 N–H and O–H groups in total. The second-order valence-electron chi connectivity index (χ2n) is 4.22. The third-order valence-electron chi connectivity index (χ3n) is 2.72. The number of aromatic carboxylic acids is 1. The summed E-state index contributed by atoms with van der Waals surface area (Å²) >= 11 is 3.42. The number of furan rings is 1. The quantitative estimate of drug-likeness (QED) is 0.885. The van der Waals surface area contributed by atoms with E-state index in [-0.39, 0.29) is 5.56 Å². The molecule has 0 aliphatic rings. The van der Waals surface area contributed by atoms with Gasteiger partial charge < -0.3 is 14.8 Å². The molecule has 2 rings (SSSR count). The minimum atomic E-state index is -0.959. The van der Waals surface area contributed by atoms with Crippen molar-refractivity contribution in [2.24, 2.45) is 0 Å². The predicted molar refractivity (Wildman–Crippen MR) is 75.1 cm³/mol. The van der Waals surface area contributed by atoms with Gasteiger partial charge in [0.25, 0.3) is 0 Å². The average molecular weight is 324 g/mol. The highest BCUT2D eigenvalue weighted by atomic mass is 79.9. The van der Waals surface area contributed by atoms with E-state index in [9.17, 15) is 4.79 Å². The molecule has 0 bridgehead atoms. The number of benzene rings is 1. The molecule has 0 atom stereocenters. The van der Waals surface area contributed by atoms with Gasteiger partial charge in [-0.25, -0.2) is 4.79 Å². The van der Waals surface area contributed by atoms with Gasteiger partial charge in [-0.05, 0) is 30.7 Å². The smallest absolute Gasteiger partial charge is 0.339 e. The highest BCUT2D eigenvalue weighted by Gasteiger charge is 2.13. The SMILES string of the molecule is Cc1oc(CNCc2cccc(Br)c2)cc1C(=O)O. The van der Waals surface area contributed by atoms with E-state index >= 15 is 0 Å². The number of carbonyl (C=O) groups is 1. The van der Waals surface area contributed by atoms with E-state index < -0.39 is 5.97 Å². The maximum Gasteiger partial charge on any atom is 0.339 e. The summed E-state index contributed by atoms with van der Waals surface area (Å²) < 4.78 is 6.42. The predicted octanol–water partition coefficient (Wildman–Crippen LogP) is 3.34. The molecule has 1 aromatic carbocycles. The van der Waals surface area contributed by atoms with Crippen LogP contribution in [0.4, 0.5) is 0 Å². The summed E-state index contributed by atoms with van der Waals surface area (Å²) in [5.74, 6) is 0.108. The maximum atomic E-state index is 10.9. The molecule has 1 aromatic heterocycles. The molecule has 0 spiro atoms. The summed E-state index contributed by atoms with van der Waals surface area (Å²) in [7, 11) is 0. The number of aryl methyl sites for hydroxylation is 1. The second kappa shape index (κ2) is 6.04. The van der Waals surface area contributed by atoms with Crippen molar-refractivity contribution in [2.45, 2.75) is 20.0 Å². The normalized spacial score (nSPS) is 10.6. The van der Waals surface area contributed by atoms with Crippen LogP contribution in [0.2, 0.25) is 0 Å². The topological polar surface area (TPSA) is 62.5 Å². The van der Waals surface area contributed by atoms with Gasteiger partial charge in [-0.1, -0.05) is 28.1 Å². The van der Waals surface area contributed by atoms with Gasteiger partial charge in [-0.15, -0.1) is 0 Å². The lowest BCUT2D eigenvalue weighted by Gasteiger charge is -2.03. The monoisotopic (exact) mass is 323 g/mol. The van der Waals surface area contributed by atoms with E-state index in [1.54, 1.807) is 13.0 Å². The molecule has 0 aliphatic carbocycles. The Labute approximate surface area is 119 Å². The molecule has 0 aliphatic heterocycles. The number of halogens is 1. The Morgan fingerprint density at radius 1 is 1.37 bits per heavy atom. The summed E-state index contributed by atoms with van der Waals surface area (Å²) in [4.78, 5) is 10.9. The lowest BCUT2D eigenvalue weighted by atomic mass is 10.2. The fraction of sp³-hybridized carbons (Fsp3) is 0.214. The van der Waals surface area contributed by atoms with E-state index in [2.05, 4.69) is 21.2 Å². The van der Waals surface area contributed by atoms with Crippen molar-refractivity contribution in [3.63, 3.8) is 0 Å². The molecule has 5 heteroatoms. The van der Waals surface area contributed by atoms with Crippen molar-refractivity contribution in [1.29, 1.82) is 0 Å². The van der Waals surface area contributed by atoms with Crippen molar-refractivity contribution in [3.05, 3.63) is 57.5 Å². The molecule has 19 heavy (non-hydrogen) atoms. The number of carboxylic acid groups (broad SMARTS) is 1. The first kappa shape index (κ1) is 13.8. The van der Waals surface area contributed by atoms with Gasteiger partial charge in [0, 0.05) is 11.0 Å². The Morgan fingerprint density at radius 3 is 2.79 bits per heavy atom. The standard InChI is InChI=1S/C14H14BrNO3/c1-9-13(14(17)18)6-12(19-9)8-16-7-10-3-2-4-11(15)5-10/h2-6,16H,7-8H2,1H3,(H,17,18). The first-order chi connectivity index (χ1) is 9.06. The van der Waals surface area contributed by atoms with Gasteiger partial charge in [0.05, 0.1) is 6.54 Å². The van der Waals surface area contributed by atoms with Crippen LogP contribution >= 0.6 is 15.9 Å². The fourth-order valence-corrected chi connectivity index (χ4v) is 2.27. The van der Waals surface area contributed by atoms with Crippen LogP contribution in [0, 0.1) is 6.92 Å². The van der Waals surface area contributed by atoms with Gasteiger partial charge in [-0.3, -0.25) is 0 Å². The Hall–Kier alpha value is -1.59. The molecular formula is C14H14BrNO3. The van der Waals surface area contributed by atoms with Gasteiger partial charge in [0.2, 0.25) is 0 Å². The van der Waals surface area contributed by atoms with Gasteiger partial charge in [0.15, 0.2) is 0 Å². The zero-order valence-electron chi connectivity index (χ0n) is 10.4. The highest BCUT2D eigenvalue weighted by Crippen LogP contribution is 2.15. The third kappa shape index (κ3) is 3.68. The fourth-order valence-electron chi connectivity index (χ4n) is 1.82. The first-order valence-electron chi connectivity index (χ1n) is 5.84. The van der Waals surface area contributed by atoms with Crippen molar-refractivity contribution < 1.29 is 14.3 Å². The third-order valence-corrected chi connectivity index (χ3v) is 3.21. The molecule has 1 heterocycles. The number of hydrogen-bond donors (Lipinski definition) is 2. The molecule has 4 nitrogen and oxygen atoms in total. The summed E-state index contributed by atoms with van der Waals surface area (Å²) in [5.41, 5.74) is 1.37. The molecule has 0 unspecified atom stereocenters. The second-order valence-corrected chi connectivity index (χ2v) is 5.14. The molecule has 100 valence electrons. The van der Waals surface area contributed by atoms with E-state index in [4.69, 9.17) is 9.52 Å². The molecule has 0 radical (unpaired) electrons. The molecular weight excluding hydrogens is 310 g/mol. The van der Waals surface area contributed by atoms with Crippen LogP contribution in [0.1, 0.15) is 27.4 Å². The zero-order valence-corrected chi connectivity index (χ0v) is 12.0. The van der Waals surface area contributed by atoms with Gasteiger partial charge >= 0.3 is 5.97 Å². The van der Waals surface area contributed by atoms with Crippen LogP contribution in [-0.4, -0.2) is 11.1 Å². The Morgan fingerprint density at radius 2 is 2.16 bits per heavy atom. The van der Waals surface area contributed by atoms with E-state index in [0.29, 0.717) is 24.6 Å². The van der Waals surface area contributed by atoms with Crippen LogP contribution in [0.25, 0.3) is 0 Å². The van der Waals surface area contributed by atoms with Crippen LogP contribution in [-0.2, 0) is 13.1 Å². The van der Waals surface area contributed by atoms with Gasteiger partial charge in [0.1, 0.15) is 17.1 Å². The number of rotatable bonds is 5. The van der Waals surface area contributed by atoms with E-state index in [1.165, 1.54) is 0 Å². The summed E-state index contributed by atoms with van der Waals surface area (Å²) in [6.07, 6.45) is 0. The lowest BCUT2D eigenvalue weighted by Crippen LogP contribution is -2.12. The van der Waals surface area contributed by atoms with Crippen LogP contribution in [0.5, 0.6) is 0 Å². The minimum absolute atomic E-state index is 0.222. The van der Waals surface area contributed by atoms with Crippen molar-refractivity contribution in [1.82, 2.24) is 5.32 Å². The molecule has 0 amide bonds. The summed E-state index contributed by atoms with van der Waals surface area (Å²) in [6.45, 7) is 2.85. The Bertz CT molecular complexity index is 592. The van der Waals surface area contributed by atoms with Crippen molar-refractivity contribution >= 4 is 21.9 Å². The van der Waals surface area contributed by atoms with Crippen molar-refractivity contribution in [3.8, 4) is 0 Å². The largest absolute Gasteiger partial charge is 0.478 e. The highest BCUT2D eigenvalue weighted by molar-refractivity contribution is 9.10. The Kier molecular flexibility index (Phi) is 4.39. The first-order valence-corrected chi connectivity index (χ1v) is 6.63. The minimum Gasteiger partial charge on any atom is -0.478 e. The lowest BCUT2D eigenvalue weighted by molar-refractivity contribution is 0.0695. The Balaban J connectivity index is 1.92. The molecule has 0 fully saturated rings. The van der Waals surface area contributed by atoms with Gasteiger partial charge in [-0.2, -0.15) is 0 Å². The van der Waals surface area contributed by atoms with Crippen molar-refractivity contribution in [2.75, 3.05) is 0 Å². The number of nitrogens with one attached hydrogen (secondary N) is 1. The van der Waals surface area contributed by atoms with Crippen LogP contribution in [0.3, 0.4) is 0 Å². The summed E-state index contributed by atoms with van der Waals surface area (Å²) in [5, 5.41) is 12.1. The zero-order chi connectivity index (χ0) is 13.8. The number of hydrogen-bond acceptors (Lipinski definition) is 3.